The fraction of sp³-hybridized carbons (Fsp3) is 0.850. The largest absolute Gasteiger partial charge is 0.382 e. The number of carbonyl (C=O) groups is 6. The molecular formula is C40H76N5O14PS. The quantitative estimate of drug-likeness (QED) is 0.0376. The van der Waals surface area contributed by atoms with Crippen molar-refractivity contribution in [1.29, 1.82) is 0 Å². The Morgan fingerprint density at radius 1 is 0.541 bits per heavy atom. The van der Waals surface area contributed by atoms with Gasteiger partial charge in [-0.3, -0.25) is 28.8 Å². The monoisotopic (exact) mass is 913 g/mol. The van der Waals surface area contributed by atoms with E-state index in [-0.39, 0.29) is 107 Å². The second-order valence-electron chi connectivity index (χ2n) is 14.5. The van der Waals surface area contributed by atoms with E-state index in [0.717, 1.165) is 25.7 Å². The van der Waals surface area contributed by atoms with Crippen molar-refractivity contribution in [3.05, 3.63) is 0 Å². The van der Waals surface area contributed by atoms with E-state index in [1.54, 1.807) is 21.3 Å². The number of methoxy groups -OCH3 is 3. The number of ketones is 1. The average Bonchev–Trinajstić information content (AvgIpc) is 3.22. The molecule has 3 unspecified atom stereocenters. The number of unbranched alkanes of at least 4 members (excludes halogenated alkanes) is 3. The zero-order chi connectivity index (χ0) is 45.6. The van der Waals surface area contributed by atoms with Crippen LogP contribution < -0.4 is 26.6 Å². The molecule has 0 rings (SSSR count). The summed E-state index contributed by atoms with van der Waals surface area (Å²) in [5, 5.41) is 13.8. The van der Waals surface area contributed by atoms with Crippen molar-refractivity contribution in [3.8, 4) is 0 Å². The summed E-state index contributed by atoms with van der Waals surface area (Å²) in [5.74, 6) is -2.99. The van der Waals surface area contributed by atoms with E-state index in [0.29, 0.717) is 59.4 Å². The number of hydrogen-bond donors (Lipinski definition) is 6. The standard InChI is InChI=1S/C40H76N5O14PS/c1-32(2)60(52,61)59-21-9-7-6-8-17-41-36(47)11-10-12-38(49)45-35(40(51)44-20-24-58-30-27-55-5)15-14-34(46)31-33(39(50)43-19-23-57-29-26-54-4)13-16-37(48)42-18-22-56-28-25-53-3/h32-33,35H,6-31H2,1-5H3,(H,41,47)(H,42,48)(H,43,50)(H,44,51)(H,45,49)(H,52,61). The molecule has 0 saturated heterocycles. The van der Waals surface area contributed by atoms with Crippen LogP contribution in [-0.4, -0.2) is 165 Å². The van der Waals surface area contributed by atoms with Crippen molar-refractivity contribution in [3.63, 3.8) is 0 Å². The number of rotatable bonds is 42. The second kappa shape index (κ2) is 39.0. The van der Waals surface area contributed by atoms with E-state index < -0.39 is 36.2 Å². The summed E-state index contributed by atoms with van der Waals surface area (Å²) in [6, 6.07) is -1.06. The van der Waals surface area contributed by atoms with Gasteiger partial charge in [-0.1, -0.05) is 26.7 Å². The zero-order valence-corrected chi connectivity index (χ0v) is 38.9. The maximum atomic E-state index is 13.3. The first-order chi connectivity index (χ1) is 29.3. The number of amides is 5. The van der Waals surface area contributed by atoms with E-state index in [2.05, 4.69) is 26.6 Å². The fourth-order valence-corrected chi connectivity index (χ4v) is 6.26. The molecule has 0 spiro atoms. The molecule has 19 nitrogen and oxygen atoms in total. The highest BCUT2D eigenvalue weighted by Crippen LogP contribution is 2.47. The van der Waals surface area contributed by atoms with Crippen molar-refractivity contribution in [2.45, 2.75) is 103 Å². The molecule has 5 amide bonds. The molecule has 356 valence electrons. The third-order valence-corrected chi connectivity index (χ3v) is 12.5. The summed E-state index contributed by atoms with van der Waals surface area (Å²) in [6.07, 6.45) is 3.40. The van der Waals surface area contributed by atoms with Gasteiger partial charge in [0.1, 0.15) is 11.8 Å². The van der Waals surface area contributed by atoms with E-state index in [1.165, 1.54) is 0 Å². The molecule has 0 radical (unpaired) electrons. The third-order valence-electron chi connectivity index (χ3n) is 9.01. The minimum atomic E-state index is -2.74. The van der Waals surface area contributed by atoms with Gasteiger partial charge in [0, 0.05) is 91.2 Å². The van der Waals surface area contributed by atoms with Crippen LogP contribution in [0.2, 0.25) is 0 Å². The highest BCUT2D eigenvalue weighted by atomic mass is 32.5. The van der Waals surface area contributed by atoms with E-state index in [1.807, 2.05) is 13.8 Å². The lowest BCUT2D eigenvalue weighted by molar-refractivity contribution is -0.131. The number of nitrogens with one attached hydrogen (secondary N) is 5. The van der Waals surface area contributed by atoms with Gasteiger partial charge in [-0.25, -0.2) is 0 Å². The first-order valence-electron chi connectivity index (χ1n) is 21.3. The van der Waals surface area contributed by atoms with Gasteiger partial charge < -0.3 is 64.4 Å². The van der Waals surface area contributed by atoms with Crippen LogP contribution in [0.3, 0.4) is 0 Å². The Bertz CT molecular complexity index is 1270. The summed E-state index contributed by atoms with van der Waals surface area (Å²) < 4.78 is 36.5. The topological polar surface area (TPSA) is 247 Å². The Morgan fingerprint density at radius 3 is 1.62 bits per heavy atom. The van der Waals surface area contributed by atoms with Gasteiger partial charge in [0.05, 0.1) is 66.1 Å². The lowest BCUT2D eigenvalue weighted by Crippen LogP contribution is -2.47. The van der Waals surface area contributed by atoms with E-state index in [9.17, 15) is 33.7 Å². The number of Topliss-reactive ketones (excluding diaryl/α,β-unsaturated/α-hetero) is 1. The summed E-state index contributed by atoms with van der Waals surface area (Å²) in [7, 11) is 4.66. The van der Waals surface area contributed by atoms with E-state index in [4.69, 9.17) is 44.8 Å². The molecule has 3 atom stereocenters. The normalized spacial score (nSPS) is 13.2. The molecule has 21 heteroatoms. The molecule has 0 saturated carbocycles. The maximum Gasteiger partial charge on any atom is 0.242 e. The molecule has 0 fully saturated rings. The lowest BCUT2D eigenvalue weighted by atomic mass is 9.93. The highest BCUT2D eigenvalue weighted by Gasteiger charge is 2.26. The summed E-state index contributed by atoms with van der Waals surface area (Å²) in [4.78, 5) is 87.6. The number of carbonyl (C=O) groups excluding carboxylic acids is 6. The molecular weight excluding hydrogens is 838 g/mol. The van der Waals surface area contributed by atoms with Gasteiger partial charge in [-0.15, -0.1) is 0 Å². The van der Waals surface area contributed by atoms with Gasteiger partial charge in [0.15, 0.2) is 6.49 Å². The van der Waals surface area contributed by atoms with Crippen LogP contribution >= 0.6 is 6.49 Å². The molecule has 0 aliphatic heterocycles. The van der Waals surface area contributed by atoms with Gasteiger partial charge in [0.2, 0.25) is 29.5 Å². The maximum absolute atomic E-state index is 13.3. The summed E-state index contributed by atoms with van der Waals surface area (Å²) >= 11 is 5.12. The Labute approximate surface area is 368 Å². The van der Waals surface area contributed by atoms with Crippen LogP contribution in [-0.2, 0) is 73.5 Å². The van der Waals surface area contributed by atoms with Gasteiger partial charge in [-0.2, -0.15) is 0 Å². The average molecular weight is 914 g/mol. The Balaban J connectivity index is 5.16. The van der Waals surface area contributed by atoms with Crippen LogP contribution in [0, 0.1) is 5.92 Å². The number of ether oxygens (including phenoxy) is 6. The minimum absolute atomic E-state index is 0.00247. The van der Waals surface area contributed by atoms with Crippen molar-refractivity contribution < 1.29 is 66.6 Å². The van der Waals surface area contributed by atoms with Crippen LogP contribution in [0.5, 0.6) is 0 Å². The predicted molar refractivity (Wildman–Crippen MR) is 234 cm³/mol. The SMILES string of the molecule is COCCOCCNC(=O)CCC(CC(=O)CCC(NC(=O)CCCC(=O)NCCCCCCOP(O)(=S)C(C)C)C(=O)NCCOCCOC)C(=O)NCCOCCOC. The zero-order valence-electron chi connectivity index (χ0n) is 37.2. The third kappa shape index (κ3) is 34.5. The van der Waals surface area contributed by atoms with Crippen molar-refractivity contribution in [1.82, 2.24) is 26.6 Å². The Hall–Kier alpha value is -2.65. The lowest BCUT2D eigenvalue weighted by Gasteiger charge is -2.20. The van der Waals surface area contributed by atoms with Crippen LogP contribution in [0.15, 0.2) is 0 Å². The van der Waals surface area contributed by atoms with Gasteiger partial charge in [-0.05, 0) is 43.9 Å². The molecule has 0 aromatic heterocycles. The van der Waals surface area contributed by atoms with Crippen LogP contribution in [0.25, 0.3) is 0 Å². The molecule has 0 aromatic rings. The summed E-state index contributed by atoms with van der Waals surface area (Å²) in [5.41, 5.74) is -0.0835. The van der Waals surface area contributed by atoms with Crippen LogP contribution in [0.4, 0.5) is 0 Å². The number of hydrogen-bond acceptors (Lipinski definition) is 14. The van der Waals surface area contributed by atoms with Crippen molar-refractivity contribution in [2.75, 3.05) is 114 Å². The molecule has 0 bridgehead atoms. The molecule has 0 heterocycles. The van der Waals surface area contributed by atoms with Crippen LogP contribution in [0.1, 0.15) is 90.9 Å². The summed E-state index contributed by atoms with van der Waals surface area (Å²) in [6.45, 7) is 5.53. The Kier molecular flexibility index (Phi) is 37.3. The second-order valence-corrected chi connectivity index (χ2v) is 18.5. The predicted octanol–water partition coefficient (Wildman–Crippen LogP) is 1.52. The Morgan fingerprint density at radius 2 is 1.05 bits per heavy atom. The minimum Gasteiger partial charge on any atom is -0.382 e. The first-order valence-corrected chi connectivity index (χ1v) is 24.1. The fourth-order valence-electron chi connectivity index (χ4n) is 5.34. The smallest absolute Gasteiger partial charge is 0.242 e. The molecule has 0 aliphatic carbocycles. The van der Waals surface area contributed by atoms with Crippen molar-refractivity contribution in [2.24, 2.45) is 5.92 Å². The van der Waals surface area contributed by atoms with E-state index >= 15 is 0 Å². The van der Waals surface area contributed by atoms with Crippen molar-refractivity contribution >= 4 is 53.6 Å². The molecule has 61 heavy (non-hydrogen) atoms. The highest BCUT2D eigenvalue weighted by molar-refractivity contribution is 8.09. The molecule has 6 N–H and O–H groups in total. The van der Waals surface area contributed by atoms with Gasteiger partial charge in [0.25, 0.3) is 0 Å². The molecule has 0 aliphatic rings. The first kappa shape index (κ1) is 58.4. The molecule has 0 aromatic carbocycles. The van der Waals surface area contributed by atoms with Gasteiger partial charge >= 0.3 is 0 Å².